The second kappa shape index (κ2) is 6.95. The number of halogens is 1. The Hall–Kier alpha value is -3.13. The van der Waals surface area contributed by atoms with Crippen LogP contribution in [-0.4, -0.2) is 23.7 Å². The number of non-ortho nitro benzene ring substituents is 1. The lowest BCUT2D eigenvalue weighted by molar-refractivity contribution is -0.385. The van der Waals surface area contributed by atoms with Crippen LogP contribution in [0.25, 0.3) is 6.08 Å². The highest BCUT2D eigenvalue weighted by Gasteiger charge is 2.58. The highest BCUT2D eigenvalue weighted by Crippen LogP contribution is 2.56. The summed E-state index contributed by atoms with van der Waals surface area (Å²) >= 11 is 3.54. The van der Waals surface area contributed by atoms with Crippen molar-refractivity contribution in [2.75, 3.05) is 11.9 Å². The first kappa shape index (κ1) is 21.1. The molecular formula is C23H21BrN2O5. The van der Waals surface area contributed by atoms with Crippen molar-refractivity contribution in [3.05, 3.63) is 74.3 Å². The minimum atomic E-state index is -0.927. The van der Waals surface area contributed by atoms with Crippen molar-refractivity contribution in [2.45, 2.75) is 31.9 Å². The Morgan fingerprint density at radius 1 is 1.29 bits per heavy atom. The standard InChI is InChI=1S/C23H21BrN2O5/c1-13(2)21(27)30-19-12-16(26(28)29)10-14-8-9-23(31-20(14)19)22(3,4)17-11-15(24)6-7-18(17)25(23)5/h6-12H,1H2,2-5H3. The summed E-state index contributed by atoms with van der Waals surface area (Å²) in [6.07, 6.45) is 3.68. The predicted octanol–water partition coefficient (Wildman–Crippen LogP) is 5.37. The summed E-state index contributed by atoms with van der Waals surface area (Å²) < 4.78 is 13.0. The van der Waals surface area contributed by atoms with E-state index >= 15 is 0 Å². The molecule has 1 spiro atoms. The Morgan fingerprint density at radius 3 is 2.65 bits per heavy atom. The molecule has 31 heavy (non-hydrogen) atoms. The lowest BCUT2D eigenvalue weighted by Crippen LogP contribution is -2.58. The van der Waals surface area contributed by atoms with Crippen molar-refractivity contribution < 1.29 is 19.2 Å². The Kier molecular flexibility index (Phi) is 4.73. The van der Waals surface area contributed by atoms with E-state index in [1.807, 2.05) is 30.2 Å². The van der Waals surface area contributed by atoms with E-state index in [2.05, 4.69) is 42.4 Å². The number of ether oxygens (including phenoxy) is 2. The van der Waals surface area contributed by atoms with Gasteiger partial charge in [-0.3, -0.25) is 10.1 Å². The average Bonchev–Trinajstić information content (AvgIpc) is 2.86. The number of anilines is 1. The number of benzene rings is 2. The number of nitro benzene ring substituents is 1. The van der Waals surface area contributed by atoms with Crippen LogP contribution in [0.15, 0.2) is 53.0 Å². The molecule has 0 saturated carbocycles. The minimum Gasteiger partial charge on any atom is -0.459 e. The zero-order valence-electron chi connectivity index (χ0n) is 17.6. The number of nitrogens with zero attached hydrogens (tertiary/aromatic N) is 2. The lowest BCUT2D eigenvalue weighted by Gasteiger charge is -2.45. The summed E-state index contributed by atoms with van der Waals surface area (Å²) in [4.78, 5) is 25.1. The molecule has 2 aromatic rings. The Morgan fingerprint density at radius 2 is 2.00 bits per heavy atom. The van der Waals surface area contributed by atoms with Gasteiger partial charge in [0.25, 0.3) is 5.69 Å². The molecule has 2 heterocycles. The quantitative estimate of drug-likeness (QED) is 0.191. The van der Waals surface area contributed by atoms with Crippen LogP contribution in [-0.2, 0) is 10.2 Å². The molecule has 4 rings (SSSR count). The molecule has 2 aliphatic rings. The number of rotatable bonds is 3. The second-order valence-electron chi connectivity index (χ2n) is 8.27. The molecule has 1 atom stereocenters. The van der Waals surface area contributed by atoms with Crippen LogP contribution in [0.2, 0.25) is 0 Å². The van der Waals surface area contributed by atoms with E-state index in [4.69, 9.17) is 9.47 Å². The molecule has 2 aliphatic heterocycles. The van der Waals surface area contributed by atoms with Crippen molar-refractivity contribution >= 4 is 39.4 Å². The van der Waals surface area contributed by atoms with Crippen molar-refractivity contribution in [1.82, 2.24) is 0 Å². The van der Waals surface area contributed by atoms with Crippen LogP contribution in [0.1, 0.15) is 31.9 Å². The van der Waals surface area contributed by atoms with Crippen LogP contribution in [0.4, 0.5) is 11.4 Å². The minimum absolute atomic E-state index is 0.0118. The zero-order chi connectivity index (χ0) is 22.7. The fourth-order valence-electron chi connectivity index (χ4n) is 4.21. The van der Waals surface area contributed by atoms with Gasteiger partial charge in [0.05, 0.1) is 16.4 Å². The van der Waals surface area contributed by atoms with E-state index in [9.17, 15) is 14.9 Å². The fourth-order valence-corrected chi connectivity index (χ4v) is 4.57. The first-order chi connectivity index (χ1) is 14.5. The number of esters is 1. The molecule has 0 aliphatic carbocycles. The summed E-state index contributed by atoms with van der Waals surface area (Å²) in [5, 5.41) is 11.4. The number of hydrogen-bond acceptors (Lipinski definition) is 6. The van der Waals surface area contributed by atoms with Gasteiger partial charge < -0.3 is 14.4 Å². The SMILES string of the molecule is C=C(C)C(=O)Oc1cc([N+](=O)[O-])cc2c1OC1(C=C2)N(C)c2ccc(Br)cc2C1(C)C. The van der Waals surface area contributed by atoms with Crippen molar-refractivity contribution in [1.29, 1.82) is 0 Å². The van der Waals surface area contributed by atoms with E-state index in [1.54, 1.807) is 6.08 Å². The number of carbonyl (C=O) groups is 1. The summed E-state index contributed by atoms with van der Waals surface area (Å²) in [7, 11) is 1.93. The van der Waals surface area contributed by atoms with Gasteiger partial charge in [0, 0.05) is 34.4 Å². The highest BCUT2D eigenvalue weighted by molar-refractivity contribution is 9.10. The van der Waals surface area contributed by atoms with Gasteiger partial charge in [-0.1, -0.05) is 22.5 Å². The highest BCUT2D eigenvalue weighted by atomic mass is 79.9. The molecule has 0 saturated heterocycles. The Bertz CT molecular complexity index is 1190. The summed E-state index contributed by atoms with van der Waals surface area (Å²) in [5.41, 5.74) is 1.11. The van der Waals surface area contributed by atoms with Gasteiger partial charge in [-0.2, -0.15) is 0 Å². The number of fused-ring (bicyclic) bond motifs is 2. The van der Waals surface area contributed by atoms with Gasteiger partial charge in [-0.25, -0.2) is 4.79 Å². The van der Waals surface area contributed by atoms with E-state index in [1.165, 1.54) is 19.1 Å². The summed E-state index contributed by atoms with van der Waals surface area (Å²) in [6, 6.07) is 8.65. The Balaban J connectivity index is 1.88. The van der Waals surface area contributed by atoms with E-state index in [-0.39, 0.29) is 22.8 Å². The van der Waals surface area contributed by atoms with Crippen molar-refractivity contribution in [3.63, 3.8) is 0 Å². The number of likely N-dealkylation sites (N-methyl/N-ethyl adjacent to an activating group) is 1. The predicted molar refractivity (Wildman–Crippen MR) is 122 cm³/mol. The first-order valence-corrected chi connectivity index (χ1v) is 10.4. The van der Waals surface area contributed by atoms with Gasteiger partial charge in [-0.15, -0.1) is 0 Å². The van der Waals surface area contributed by atoms with Gasteiger partial charge in [-0.05, 0) is 56.7 Å². The van der Waals surface area contributed by atoms with Crippen molar-refractivity contribution in [2.24, 2.45) is 0 Å². The third-order valence-corrected chi connectivity index (χ3v) is 6.46. The summed E-state index contributed by atoms with van der Waals surface area (Å²) in [5.74, 6) is -0.419. The molecule has 0 aromatic heterocycles. The molecule has 7 nitrogen and oxygen atoms in total. The number of carbonyl (C=O) groups excluding carboxylic acids is 1. The van der Waals surface area contributed by atoms with Gasteiger partial charge in [0.2, 0.25) is 5.72 Å². The maximum atomic E-state index is 12.2. The smallest absolute Gasteiger partial charge is 0.338 e. The lowest BCUT2D eigenvalue weighted by atomic mass is 9.76. The fraction of sp³-hybridized carbons (Fsp3) is 0.261. The zero-order valence-corrected chi connectivity index (χ0v) is 19.1. The molecule has 0 radical (unpaired) electrons. The molecule has 0 bridgehead atoms. The van der Waals surface area contributed by atoms with Crippen LogP contribution in [0, 0.1) is 10.1 Å². The van der Waals surface area contributed by atoms with Gasteiger partial charge in [0.1, 0.15) is 0 Å². The summed E-state index contributed by atoms with van der Waals surface area (Å²) in [6.45, 7) is 9.24. The average molecular weight is 485 g/mol. The van der Waals surface area contributed by atoms with Gasteiger partial charge in [0.15, 0.2) is 11.5 Å². The monoisotopic (exact) mass is 484 g/mol. The molecule has 0 fully saturated rings. The molecule has 8 heteroatoms. The van der Waals surface area contributed by atoms with Crippen LogP contribution < -0.4 is 14.4 Å². The molecule has 160 valence electrons. The number of nitro groups is 1. The van der Waals surface area contributed by atoms with Gasteiger partial charge >= 0.3 is 5.97 Å². The molecule has 1 unspecified atom stereocenters. The van der Waals surface area contributed by atoms with E-state index < -0.39 is 22.0 Å². The van der Waals surface area contributed by atoms with Crippen LogP contribution >= 0.6 is 15.9 Å². The van der Waals surface area contributed by atoms with E-state index in [0.717, 1.165) is 15.7 Å². The third kappa shape index (κ3) is 3.05. The molecular weight excluding hydrogens is 464 g/mol. The Labute approximate surface area is 188 Å². The molecule has 0 N–H and O–H groups in total. The normalized spacial score (nSPS) is 20.1. The topological polar surface area (TPSA) is 81.9 Å². The first-order valence-electron chi connectivity index (χ1n) is 9.60. The number of hydrogen-bond donors (Lipinski definition) is 0. The largest absolute Gasteiger partial charge is 0.459 e. The van der Waals surface area contributed by atoms with E-state index in [0.29, 0.717) is 5.56 Å². The molecule has 0 amide bonds. The molecule has 2 aromatic carbocycles. The second-order valence-corrected chi connectivity index (χ2v) is 9.18. The third-order valence-electron chi connectivity index (χ3n) is 5.96. The maximum absolute atomic E-state index is 12.2. The van der Waals surface area contributed by atoms with Crippen LogP contribution in [0.3, 0.4) is 0 Å². The van der Waals surface area contributed by atoms with Crippen molar-refractivity contribution in [3.8, 4) is 11.5 Å². The van der Waals surface area contributed by atoms with Crippen LogP contribution in [0.5, 0.6) is 11.5 Å². The maximum Gasteiger partial charge on any atom is 0.338 e.